The lowest BCUT2D eigenvalue weighted by Gasteiger charge is -2.31. The van der Waals surface area contributed by atoms with Crippen LogP contribution in [0.5, 0.6) is 5.75 Å². The fourth-order valence-corrected chi connectivity index (χ4v) is 3.63. The summed E-state index contributed by atoms with van der Waals surface area (Å²) in [6, 6.07) is 8.57. The zero-order chi connectivity index (χ0) is 23.3. The van der Waals surface area contributed by atoms with E-state index in [0.717, 1.165) is 0 Å². The quantitative estimate of drug-likeness (QED) is 0.384. The number of rotatable bonds is 3. The number of nitriles is 1. The van der Waals surface area contributed by atoms with Crippen LogP contribution in [0.4, 0.5) is 18.0 Å². The van der Waals surface area contributed by atoms with Gasteiger partial charge in [-0.05, 0) is 42.8 Å². The van der Waals surface area contributed by atoms with Crippen LogP contribution in [-0.2, 0) is 5.60 Å². The first-order valence-corrected chi connectivity index (χ1v) is 9.30. The molecule has 0 aliphatic carbocycles. The van der Waals surface area contributed by atoms with Gasteiger partial charge in [0, 0.05) is 24.1 Å². The number of alkyl halides is 3. The number of nitrogens with zero attached hydrogens (tertiary/aromatic N) is 2. The van der Waals surface area contributed by atoms with Crippen LogP contribution in [0.2, 0.25) is 0 Å². The molecule has 1 unspecified atom stereocenters. The summed E-state index contributed by atoms with van der Waals surface area (Å²) in [7, 11) is 1.26. The van der Waals surface area contributed by atoms with Gasteiger partial charge in [0.15, 0.2) is 5.82 Å². The third kappa shape index (κ3) is 3.12. The molecule has 4 N–H and O–H groups in total. The monoisotopic (exact) mass is 443 g/mol. The lowest BCUT2D eigenvalue weighted by atomic mass is 9.87. The van der Waals surface area contributed by atoms with Crippen LogP contribution in [0.1, 0.15) is 22.5 Å². The number of ether oxygens (including phenoxy) is 1. The van der Waals surface area contributed by atoms with Crippen LogP contribution < -0.4 is 10.1 Å². The van der Waals surface area contributed by atoms with Crippen LogP contribution in [-0.4, -0.2) is 39.4 Å². The molecule has 0 aliphatic heterocycles. The van der Waals surface area contributed by atoms with Crippen LogP contribution >= 0.6 is 0 Å². The number of H-pyrrole nitrogens is 2. The van der Waals surface area contributed by atoms with Crippen LogP contribution in [0.15, 0.2) is 36.5 Å². The number of imidazole rings is 1. The van der Waals surface area contributed by atoms with E-state index < -0.39 is 35.0 Å². The molecular formula is C21H16F3N5O3. The topological polar surface area (TPSA) is 127 Å². The maximum absolute atomic E-state index is 14.6. The first-order chi connectivity index (χ1) is 15.1. The Labute approximate surface area is 178 Å². The van der Waals surface area contributed by atoms with E-state index in [0.29, 0.717) is 11.1 Å². The Morgan fingerprint density at radius 1 is 1.28 bits per heavy atom. The molecule has 0 spiro atoms. The standard InChI is InChI=1S/C21H16F3N5O3/c1-10-7-15(32-19(30)26-2)16(12-5-6-27-17(10)12)20(31,21(22,23)24)18-28-13-4-3-11(9-25)8-14(13)29-18/h3-8,27,31H,1-2H3,(H,26,30)(H,28,29). The Morgan fingerprint density at radius 2 is 2.03 bits per heavy atom. The number of aliphatic hydroxyl groups is 1. The molecule has 8 nitrogen and oxygen atoms in total. The van der Waals surface area contributed by atoms with Crippen molar-refractivity contribution >= 4 is 28.0 Å². The minimum absolute atomic E-state index is 0.00176. The minimum atomic E-state index is -5.26. The summed E-state index contributed by atoms with van der Waals surface area (Å²) in [5.74, 6) is -1.31. The van der Waals surface area contributed by atoms with Crippen molar-refractivity contribution in [3.8, 4) is 11.8 Å². The molecule has 2 aromatic carbocycles. The molecule has 32 heavy (non-hydrogen) atoms. The summed E-state index contributed by atoms with van der Waals surface area (Å²) < 4.78 is 48.8. The van der Waals surface area contributed by atoms with Crippen molar-refractivity contribution in [2.24, 2.45) is 0 Å². The van der Waals surface area contributed by atoms with E-state index >= 15 is 0 Å². The average molecular weight is 443 g/mol. The number of aromatic amines is 2. The zero-order valence-corrected chi connectivity index (χ0v) is 16.8. The molecule has 0 bridgehead atoms. The Balaban J connectivity index is 2.08. The van der Waals surface area contributed by atoms with Crippen molar-refractivity contribution in [1.29, 1.82) is 5.26 Å². The molecule has 4 rings (SSSR count). The Bertz CT molecular complexity index is 1400. The molecule has 0 saturated heterocycles. The van der Waals surface area contributed by atoms with Gasteiger partial charge in [0.05, 0.1) is 28.2 Å². The fraction of sp³-hybridized carbons (Fsp3) is 0.190. The van der Waals surface area contributed by atoms with E-state index in [4.69, 9.17) is 10.00 Å². The summed E-state index contributed by atoms with van der Waals surface area (Å²) in [6.07, 6.45) is -4.85. The molecule has 4 aromatic rings. The predicted octanol–water partition coefficient (Wildman–Crippen LogP) is 3.74. The third-order valence-corrected chi connectivity index (χ3v) is 5.14. The van der Waals surface area contributed by atoms with Gasteiger partial charge in [-0.3, -0.25) is 0 Å². The van der Waals surface area contributed by atoms with Gasteiger partial charge >= 0.3 is 12.3 Å². The molecule has 0 saturated carbocycles. The molecule has 1 amide bonds. The second kappa shape index (κ2) is 7.28. The molecule has 2 heterocycles. The number of aromatic nitrogens is 3. The summed E-state index contributed by atoms with van der Waals surface area (Å²) in [6.45, 7) is 1.62. The Morgan fingerprint density at radius 3 is 2.69 bits per heavy atom. The van der Waals surface area contributed by atoms with Crippen molar-refractivity contribution in [2.45, 2.75) is 18.7 Å². The smallest absolute Gasteiger partial charge is 0.410 e. The maximum atomic E-state index is 14.6. The zero-order valence-electron chi connectivity index (χ0n) is 16.8. The number of carbonyl (C=O) groups is 1. The van der Waals surface area contributed by atoms with Gasteiger partial charge in [-0.15, -0.1) is 0 Å². The van der Waals surface area contributed by atoms with Crippen molar-refractivity contribution < 1.29 is 27.8 Å². The van der Waals surface area contributed by atoms with Crippen molar-refractivity contribution in [1.82, 2.24) is 20.3 Å². The minimum Gasteiger partial charge on any atom is -0.410 e. The molecule has 0 aliphatic rings. The van der Waals surface area contributed by atoms with Crippen molar-refractivity contribution in [3.63, 3.8) is 0 Å². The summed E-state index contributed by atoms with van der Waals surface area (Å²) in [4.78, 5) is 21.2. The average Bonchev–Trinajstić information content (AvgIpc) is 3.39. The molecule has 0 radical (unpaired) electrons. The number of halogens is 3. The van der Waals surface area contributed by atoms with Crippen LogP contribution in [0.25, 0.3) is 21.9 Å². The molecule has 11 heteroatoms. The van der Waals surface area contributed by atoms with Gasteiger partial charge in [-0.2, -0.15) is 18.4 Å². The van der Waals surface area contributed by atoms with Crippen molar-refractivity contribution in [2.75, 3.05) is 7.05 Å². The van der Waals surface area contributed by atoms with E-state index in [1.807, 2.05) is 6.07 Å². The second-order valence-corrected chi connectivity index (χ2v) is 7.11. The number of benzene rings is 2. The van der Waals surface area contributed by atoms with E-state index in [1.165, 1.54) is 43.6 Å². The molecule has 0 fully saturated rings. The first-order valence-electron chi connectivity index (χ1n) is 9.30. The van der Waals surface area contributed by atoms with E-state index in [1.54, 1.807) is 6.92 Å². The number of hydrogen-bond donors (Lipinski definition) is 4. The van der Waals surface area contributed by atoms with Gasteiger partial charge in [-0.1, -0.05) is 0 Å². The third-order valence-electron chi connectivity index (χ3n) is 5.14. The molecule has 1 atom stereocenters. The lowest BCUT2D eigenvalue weighted by Crippen LogP contribution is -2.45. The normalized spacial score (nSPS) is 13.7. The van der Waals surface area contributed by atoms with Gasteiger partial charge in [0.2, 0.25) is 5.60 Å². The molecular weight excluding hydrogens is 427 g/mol. The van der Waals surface area contributed by atoms with E-state index in [9.17, 15) is 23.1 Å². The number of aryl methyl sites for hydroxylation is 1. The highest BCUT2D eigenvalue weighted by Crippen LogP contribution is 2.49. The van der Waals surface area contributed by atoms with Crippen molar-refractivity contribution in [3.05, 3.63) is 59.0 Å². The SMILES string of the molecule is CNC(=O)Oc1cc(C)c2[nH]ccc2c1C(O)(c1nc2ccc(C#N)cc2[nH]1)C(F)(F)F. The summed E-state index contributed by atoms with van der Waals surface area (Å²) in [5, 5.41) is 22.5. The number of nitrogens with one attached hydrogen (secondary N) is 3. The lowest BCUT2D eigenvalue weighted by molar-refractivity contribution is -0.250. The molecule has 2 aromatic heterocycles. The van der Waals surface area contributed by atoms with Gasteiger partial charge in [-0.25, -0.2) is 9.78 Å². The summed E-state index contributed by atoms with van der Waals surface area (Å²) >= 11 is 0. The maximum Gasteiger partial charge on any atom is 0.429 e. The first kappa shape index (κ1) is 21.2. The second-order valence-electron chi connectivity index (χ2n) is 7.11. The largest absolute Gasteiger partial charge is 0.429 e. The predicted molar refractivity (Wildman–Crippen MR) is 108 cm³/mol. The van der Waals surface area contributed by atoms with Gasteiger partial charge in [0.25, 0.3) is 0 Å². The highest BCUT2D eigenvalue weighted by Gasteiger charge is 2.61. The Hall–Kier alpha value is -4.04. The number of hydrogen-bond acceptors (Lipinski definition) is 5. The van der Waals surface area contributed by atoms with E-state index in [-0.39, 0.29) is 22.0 Å². The Kier molecular flexibility index (Phi) is 4.82. The number of amides is 1. The van der Waals surface area contributed by atoms with Gasteiger partial charge < -0.3 is 25.1 Å². The van der Waals surface area contributed by atoms with Gasteiger partial charge in [0.1, 0.15) is 5.75 Å². The number of carbonyl (C=O) groups excluding carboxylic acids is 1. The highest BCUT2D eigenvalue weighted by molar-refractivity contribution is 5.91. The summed E-state index contributed by atoms with van der Waals surface area (Å²) in [5.41, 5.74) is -3.09. The van der Waals surface area contributed by atoms with Crippen LogP contribution in [0.3, 0.4) is 0 Å². The highest BCUT2D eigenvalue weighted by atomic mass is 19.4. The number of fused-ring (bicyclic) bond motifs is 2. The van der Waals surface area contributed by atoms with E-state index in [2.05, 4.69) is 20.3 Å². The molecule has 164 valence electrons. The van der Waals surface area contributed by atoms with Crippen LogP contribution in [0, 0.1) is 18.3 Å². The fourth-order valence-electron chi connectivity index (χ4n) is 3.63.